The first-order chi connectivity index (χ1) is 8.16. The van der Waals surface area contributed by atoms with Crippen LogP contribution in [0.4, 0.5) is 5.69 Å². The normalized spacial score (nSPS) is 16.4. The summed E-state index contributed by atoms with van der Waals surface area (Å²) in [6.07, 6.45) is 2.74. The van der Waals surface area contributed by atoms with Gasteiger partial charge in [-0.25, -0.2) is 0 Å². The Morgan fingerprint density at radius 3 is 2.59 bits per heavy atom. The van der Waals surface area contributed by atoms with E-state index in [1.54, 1.807) is 0 Å². The molecule has 0 bridgehead atoms. The van der Waals surface area contributed by atoms with Gasteiger partial charge in [-0.3, -0.25) is 0 Å². The first-order valence-corrected chi connectivity index (χ1v) is 7.19. The van der Waals surface area contributed by atoms with Crippen molar-refractivity contribution >= 4 is 21.6 Å². The van der Waals surface area contributed by atoms with Crippen molar-refractivity contribution in [1.82, 2.24) is 4.90 Å². The minimum atomic E-state index is 1.03. The minimum absolute atomic E-state index is 1.03. The molecular weight excluding hydrogens is 276 g/mol. The van der Waals surface area contributed by atoms with E-state index in [0.717, 1.165) is 13.1 Å². The zero-order valence-corrected chi connectivity index (χ0v) is 12.3. The van der Waals surface area contributed by atoms with E-state index in [1.807, 2.05) is 0 Å². The maximum atomic E-state index is 3.64. The summed E-state index contributed by atoms with van der Waals surface area (Å²) in [4.78, 5) is 2.53. The van der Waals surface area contributed by atoms with Crippen molar-refractivity contribution in [2.24, 2.45) is 0 Å². The molecule has 3 heteroatoms. The van der Waals surface area contributed by atoms with Gasteiger partial charge in [-0.2, -0.15) is 0 Å². The van der Waals surface area contributed by atoms with Gasteiger partial charge in [0.05, 0.1) is 5.69 Å². The Kier molecular flexibility index (Phi) is 4.46. The zero-order valence-electron chi connectivity index (χ0n) is 10.7. The van der Waals surface area contributed by atoms with E-state index in [2.05, 4.69) is 52.1 Å². The maximum Gasteiger partial charge on any atom is 0.0514 e. The second kappa shape index (κ2) is 5.87. The van der Waals surface area contributed by atoms with E-state index in [0.29, 0.717) is 0 Å². The number of benzene rings is 1. The van der Waals surface area contributed by atoms with Crippen LogP contribution in [0.3, 0.4) is 0 Å². The van der Waals surface area contributed by atoms with E-state index in [-0.39, 0.29) is 0 Å². The van der Waals surface area contributed by atoms with Crippen molar-refractivity contribution in [3.05, 3.63) is 27.7 Å². The van der Waals surface area contributed by atoms with Crippen molar-refractivity contribution in [1.29, 1.82) is 0 Å². The molecule has 1 saturated heterocycles. The highest BCUT2D eigenvalue weighted by atomic mass is 79.9. The Morgan fingerprint density at radius 1 is 1.24 bits per heavy atom. The number of hydrogen-bond donors (Lipinski definition) is 1. The third-order valence-corrected chi connectivity index (χ3v) is 3.99. The molecule has 1 aliphatic heterocycles. The number of aryl methyl sites for hydroxylation is 2. The molecule has 0 spiro atoms. The van der Waals surface area contributed by atoms with Crippen LogP contribution in [0.1, 0.15) is 24.0 Å². The number of nitrogens with one attached hydrogen (secondary N) is 1. The summed E-state index contributed by atoms with van der Waals surface area (Å²) in [6, 6.07) is 4.40. The van der Waals surface area contributed by atoms with Crippen LogP contribution in [0.5, 0.6) is 0 Å². The highest BCUT2D eigenvalue weighted by molar-refractivity contribution is 9.10. The molecular formula is C14H21BrN2. The van der Waals surface area contributed by atoms with Crippen molar-refractivity contribution in [2.75, 3.05) is 31.5 Å². The van der Waals surface area contributed by atoms with Gasteiger partial charge >= 0.3 is 0 Å². The predicted octanol–water partition coefficient (Wildman–Crippen LogP) is 3.57. The summed E-state index contributed by atoms with van der Waals surface area (Å²) in [5, 5.41) is 3.55. The maximum absolute atomic E-state index is 3.64. The lowest BCUT2D eigenvalue weighted by Crippen LogP contribution is -2.26. The molecule has 94 valence electrons. The average molecular weight is 297 g/mol. The summed E-state index contributed by atoms with van der Waals surface area (Å²) in [5.74, 6) is 0. The molecule has 0 aliphatic carbocycles. The van der Waals surface area contributed by atoms with Gasteiger partial charge in [-0.15, -0.1) is 0 Å². The smallest absolute Gasteiger partial charge is 0.0514 e. The minimum Gasteiger partial charge on any atom is -0.383 e. The fourth-order valence-electron chi connectivity index (χ4n) is 2.48. The fraction of sp³-hybridized carbons (Fsp3) is 0.571. The van der Waals surface area contributed by atoms with Crippen molar-refractivity contribution in [2.45, 2.75) is 26.7 Å². The van der Waals surface area contributed by atoms with Crippen LogP contribution in [0, 0.1) is 13.8 Å². The number of likely N-dealkylation sites (tertiary alicyclic amines) is 1. The summed E-state index contributed by atoms with van der Waals surface area (Å²) in [7, 11) is 0. The lowest BCUT2D eigenvalue weighted by molar-refractivity contribution is 0.352. The van der Waals surface area contributed by atoms with Gasteiger partial charge in [0.25, 0.3) is 0 Å². The molecule has 0 aromatic heterocycles. The topological polar surface area (TPSA) is 15.3 Å². The third kappa shape index (κ3) is 3.46. The van der Waals surface area contributed by atoms with Crippen LogP contribution in [-0.2, 0) is 0 Å². The highest BCUT2D eigenvalue weighted by Gasteiger charge is 2.11. The Balaban J connectivity index is 1.89. The Morgan fingerprint density at radius 2 is 1.94 bits per heavy atom. The van der Waals surface area contributed by atoms with E-state index in [4.69, 9.17) is 0 Å². The number of rotatable bonds is 4. The van der Waals surface area contributed by atoms with Crippen LogP contribution in [-0.4, -0.2) is 31.1 Å². The van der Waals surface area contributed by atoms with Crippen molar-refractivity contribution in [3.8, 4) is 0 Å². The molecule has 0 amide bonds. The summed E-state index contributed by atoms with van der Waals surface area (Å²) in [5.41, 5.74) is 3.87. The van der Waals surface area contributed by atoms with Crippen LogP contribution in [0.2, 0.25) is 0 Å². The van der Waals surface area contributed by atoms with Gasteiger partial charge in [0, 0.05) is 17.6 Å². The molecule has 2 nitrogen and oxygen atoms in total. The zero-order chi connectivity index (χ0) is 12.3. The molecule has 0 unspecified atom stereocenters. The molecule has 0 radical (unpaired) electrons. The van der Waals surface area contributed by atoms with Gasteiger partial charge in [-0.05, 0) is 72.9 Å². The molecule has 1 aromatic rings. The Bertz CT molecular complexity index is 361. The van der Waals surface area contributed by atoms with E-state index >= 15 is 0 Å². The molecule has 17 heavy (non-hydrogen) atoms. The molecule has 1 fully saturated rings. The Labute approximate surface area is 113 Å². The predicted molar refractivity (Wildman–Crippen MR) is 77.8 cm³/mol. The van der Waals surface area contributed by atoms with Gasteiger partial charge in [0.15, 0.2) is 0 Å². The second-order valence-electron chi connectivity index (χ2n) is 4.91. The number of nitrogens with zero attached hydrogens (tertiary/aromatic N) is 1. The van der Waals surface area contributed by atoms with Gasteiger partial charge in [0.2, 0.25) is 0 Å². The molecule has 1 heterocycles. The van der Waals surface area contributed by atoms with E-state index < -0.39 is 0 Å². The molecule has 1 aromatic carbocycles. The summed E-state index contributed by atoms with van der Waals surface area (Å²) in [6.45, 7) is 9.02. The first-order valence-electron chi connectivity index (χ1n) is 6.40. The summed E-state index contributed by atoms with van der Waals surface area (Å²) >= 11 is 3.64. The van der Waals surface area contributed by atoms with Crippen LogP contribution in [0.15, 0.2) is 16.6 Å². The van der Waals surface area contributed by atoms with Gasteiger partial charge in [0.1, 0.15) is 0 Å². The number of halogens is 1. The van der Waals surface area contributed by atoms with Crippen LogP contribution in [0.25, 0.3) is 0 Å². The molecule has 1 N–H and O–H groups in total. The van der Waals surface area contributed by atoms with Crippen LogP contribution >= 0.6 is 15.9 Å². The quantitative estimate of drug-likeness (QED) is 0.914. The van der Waals surface area contributed by atoms with Gasteiger partial charge in [-0.1, -0.05) is 6.07 Å². The van der Waals surface area contributed by atoms with Crippen LogP contribution < -0.4 is 5.32 Å². The number of anilines is 1. The lowest BCUT2D eigenvalue weighted by atomic mass is 10.1. The summed E-state index contributed by atoms with van der Waals surface area (Å²) < 4.78 is 1.18. The second-order valence-corrected chi connectivity index (χ2v) is 5.77. The van der Waals surface area contributed by atoms with E-state index in [9.17, 15) is 0 Å². The SMILES string of the molecule is Cc1cc(C)c(NCCN2CCCC2)c(Br)c1. The van der Waals surface area contributed by atoms with Crippen molar-refractivity contribution in [3.63, 3.8) is 0 Å². The highest BCUT2D eigenvalue weighted by Crippen LogP contribution is 2.27. The Hall–Kier alpha value is -0.540. The van der Waals surface area contributed by atoms with E-state index in [1.165, 1.54) is 47.2 Å². The number of hydrogen-bond acceptors (Lipinski definition) is 2. The molecule has 0 saturated carbocycles. The monoisotopic (exact) mass is 296 g/mol. The average Bonchev–Trinajstić information content (AvgIpc) is 2.74. The lowest BCUT2D eigenvalue weighted by Gasteiger charge is -2.17. The standard InChI is InChI=1S/C14H21BrN2/c1-11-9-12(2)14(13(15)10-11)16-5-8-17-6-3-4-7-17/h9-10,16H,3-8H2,1-2H3. The third-order valence-electron chi connectivity index (χ3n) is 3.36. The molecule has 1 aliphatic rings. The largest absolute Gasteiger partial charge is 0.383 e. The first kappa shape index (κ1) is 12.9. The molecule has 0 atom stereocenters. The van der Waals surface area contributed by atoms with Gasteiger partial charge < -0.3 is 10.2 Å². The van der Waals surface area contributed by atoms with Crippen molar-refractivity contribution < 1.29 is 0 Å². The molecule has 2 rings (SSSR count). The fourth-order valence-corrected chi connectivity index (χ4v) is 3.30.